The molecule has 0 fully saturated rings. The van der Waals surface area contributed by atoms with E-state index in [-0.39, 0.29) is 0 Å². The van der Waals surface area contributed by atoms with Crippen molar-refractivity contribution in [1.29, 1.82) is 0 Å². The minimum absolute atomic E-state index is 0.493. The first-order valence-electron chi connectivity index (χ1n) is 7.06. The zero-order valence-electron chi connectivity index (χ0n) is 12.6. The maximum Gasteiger partial charge on any atom is 0.238 e. The van der Waals surface area contributed by atoms with E-state index in [1.54, 1.807) is 12.4 Å². The van der Waals surface area contributed by atoms with Crippen molar-refractivity contribution in [3.05, 3.63) is 46.4 Å². The summed E-state index contributed by atoms with van der Waals surface area (Å²) < 4.78 is 5.78. The Morgan fingerprint density at radius 1 is 1.19 bits per heavy atom. The average Bonchev–Trinajstić information content (AvgIpc) is 2.45. The quantitative estimate of drug-likeness (QED) is 0.818. The van der Waals surface area contributed by atoms with Gasteiger partial charge in [-0.3, -0.25) is 4.98 Å². The number of nitrogens with one attached hydrogen (secondary N) is 1. The second-order valence-electron chi connectivity index (χ2n) is 5.00. The summed E-state index contributed by atoms with van der Waals surface area (Å²) in [7, 11) is 0. The fourth-order valence-electron chi connectivity index (χ4n) is 2.00. The van der Waals surface area contributed by atoms with Gasteiger partial charge in [0.15, 0.2) is 0 Å². The molecule has 1 aromatic heterocycles. The lowest BCUT2D eigenvalue weighted by atomic mass is 10.1. The molecule has 0 atom stereocenters. The molecule has 0 amide bonds. The van der Waals surface area contributed by atoms with E-state index < -0.39 is 0 Å². The van der Waals surface area contributed by atoms with E-state index in [1.165, 1.54) is 0 Å². The van der Waals surface area contributed by atoms with Gasteiger partial charge in [-0.1, -0.05) is 18.5 Å². The van der Waals surface area contributed by atoms with Gasteiger partial charge in [0.1, 0.15) is 5.75 Å². The van der Waals surface area contributed by atoms with Crippen molar-refractivity contribution >= 4 is 11.6 Å². The Hall–Kier alpha value is -1.65. The van der Waals surface area contributed by atoms with Crippen LogP contribution in [0.3, 0.4) is 0 Å². The summed E-state index contributed by atoms with van der Waals surface area (Å²) in [6, 6.07) is 3.80. The highest BCUT2D eigenvalue weighted by Crippen LogP contribution is 2.28. The number of aromatic nitrogens is 2. The van der Waals surface area contributed by atoms with Crippen molar-refractivity contribution in [3.63, 3.8) is 0 Å². The average molecular weight is 306 g/mol. The third-order valence-electron chi connectivity index (χ3n) is 3.03. The zero-order valence-corrected chi connectivity index (χ0v) is 13.4. The van der Waals surface area contributed by atoms with E-state index in [1.807, 2.05) is 26.0 Å². The van der Waals surface area contributed by atoms with Gasteiger partial charge in [0.25, 0.3) is 0 Å². The highest BCUT2D eigenvalue weighted by molar-refractivity contribution is 6.32. The van der Waals surface area contributed by atoms with Crippen molar-refractivity contribution in [2.24, 2.45) is 0 Å². The molecule has 1 N–H and O–H groups in total. The van der Waals surface area contributed by atoms with Gasteiger partial charge >= 0.3 is 0 Å². The number of halogens is 1. The lowest BCUT2D eigenvalue weighted by molar-refractivity contribution is 0.455. The van der Waals surface area contributed by atoms with E-state index in [4.69, 9.17) is 16.3 Å². The smallest absolute Gasteiger partial charge is 0.238 e. The zero-order chi connectivity index (χ0) is 15.2. The molecule has 4 nitrogen and oxygen atoms in total. The Labute approximate surface area is 130 Å². The molecule has 0 unspecified atom stereocenters. The third-order valence-corrected chi connectivity index (χ3v) is 3.62. The second-order valence-corrected chi connectivity index (χ2v) is 5.38. The van der Waals surface area contributed by atoms with Crippen LogP contribution in [0.1, 0.15) is 30.2 Å². The summed E-state index contributed by atoms with van der Waals surface area (Å²) in [4.78, 5) is 8.61. The monoisotopic (exact) mass is 305 g/mol. The Kier molecular flexibility index (Phi) is 5.53. The largest absolute Gasteiger partial charge is 0.437 e. The van der Waals surface area contributed by atoms with Gasteiger partial charge in [-0.05, 0) is 50.1 Å². The van der Waals surface area contributed by atoms with Crippen LogP contribution in [-0.2, 0) is 6.54 Å². The molecule has 0 saturated heterocycles. The molecule has 2 aromatic rings. The fourth-order valence-corrected chi connectivity index (χ4v) is 2.11. The fraction of sp³-hybridized carbons (Fsp3) is 0.375. The van der Waals surface area contributed by atoms with Crippen LogP contribution in [-0.4, -0.2) is 16.5 Å². The summed E-state index contributed by atoms with van der Waals surface area (Å²) in [6.07, 6.45) is 4.45. The second kappa shape index (κ2) is 7.38. The van der Waals surface area contributed by atoms with Gasteiger partial charge in [-0.2, -0.15) is 0 Å². The highest BCUT2D eigenvalue weighted by Gasteiger charge is 2.06. The van der Waals surface area contributed by atoms with Gasteiger partial charge in [0.2, 0.25) is 5.88 Å². The summed E-state index contributed by atoms with van der Waals surface area (Å²) >= 11 is 6.16. The molecule has 1 heterocycles. The van der Waals surface area contributed by atoms with Gasteiger partial charge < -0.3 is 10.1 Å². The first kappa shape index (κ1) is 15.7. The number of nitrogens with zero attached hydrogens (tertiary/aromatic N) is 2. The van der Waals surface area contributed by atoms with Crippen LogP contribution in [0, 0.1) is 13.8 Å². The van der Waals surface area contributed by atoms with Gasteiger partial charge in [0, 0.05) is 17.8 Å². The molecule has 112 valence electrons. The molecule has 0 aliphatic heterocycles. The van der Waals surface area contributed by atoms with Crippen LogP contribution in [0.15, 0.2) is 24.5 Å². The normalized spacial score (nSPS) is 10.7. The first-order valence-corrected chi connectivity index (χ1v) is 7.44. The molecular formula is C16H20ClN3O. The van der Waals surface area contributed by atoms with Crippen molar-refractivity contribution in [1.82, 2.24) is 15.3 Å². The Morgan fingerprint density at radius 2 is 1.90 bits per heavy atom. The summed E-state index contributed by atoms with van der Waals surface area (Å²) in [5.74, 6) is 1.22. The molecule has 21 heavy (non-hydrogen) atoms. The Balaban J connectivity index is 2.11. The molecule has 2 rings (SSSR count). The topological polar surface area (TPSA) is 47.0 Å². The van der Waals surface area contributed by atoms with Crippen LogP contribution >= 0.6 is 11.6 Å². The van der Waals surface area contributed by atoms with Crippen LogP contribution in [0.5, 0.6) is 11.6 Å². The van der Waals surface area contributed by atoms with Gasteiger partial charge in [0.05, 0.1) is 11.9 Å². The molecule has 0 radical (unpaired) electrons. The molecule has 0 spiro atoms. The van der Waals surface area contributed by atoms with Gasteiger partial charge in [-0.25, -0.2) is 4.98 Å². The molecule has 0 saturated carbocycles. The van der Waals surface area contributed by atoms with Crippen LogP contribution in [0.2, 0.25) is 5.02 Å². The van der Waals surface area contributed by atoms with Crippen molar-refractivity contribution in [3.8, 4) is 11.6 Å². The molecule has 0 bridgehead atoms. The molecular weight excluding hydrogens is 286 g/mol. The number of aryl methyl sites for hydroxylation is 2. The molecule has 0 aliphatic rings. The van der Waals surface area contributed by atoms with Crippen LogP contribution in [0.4, 0.5) is 0 Å². The van der Waals surface area contributed by atoms with Crippen molar-refractivity contribution in [2.75, 3.05) is 6.54 Å². The minimum Gasteiger partial charge on any atom is -0.437 e. The minimum atomic E-state index is 0.493. The van der Waals surface area contributed by atoms with E-state index >= 15 is 0 Å². The molecule has 1 aromatic carbocycles. The highest BCUT2D eigenvalue weighted by atomic mass is 35.5. The lowest BCUT2D eigenvalue weighted by Crippen LogP contribution is -2.15. The predicted molar refractivity (Wildman–Crippen MR) is 85.0 cm³/mol. The summed E-state index contributed by atoms with van der Waals surface area (Å²) in [5.41, 5.74) is 2.84. The number of ether oxygens (including phenoxy) is 1. The van der Waals surface area contributed by atoms with E-state index in [0.717, 1.165) is 40.6 Å². The maximum atomic E-state index is 6.16. The number of benzene rings is 1. The van der Waals surface area contributed by atoms with Crippen molar-refractivity contribution in [2.45, 2.75) is 33.7 Å². The summed E-state index contributed by atoms with van der Waals surface area (Å²) in [6.45, 7) is 7.69. The summed E-state index contributed by atoms with van der Waals surface area (Å²) in [5, 5.41) is 4.06. The Morgan fingerprint density at radius 3 is 2.57 bits per heavy atom. The Bertz CT molecular complexity index is 593. The lowest BCUT2D eigenvalue weighted by Gasteiger charge is -2.09. The number of rotatable bonds is 6. The van der Waals surface area contributed by atoms with E-state index in [9.17, 15) is 0 Å². The number of hydrogen-bond donors (Lipinski definition) is 1. The predicted octanol–water partition coefficient (Wildman–Crippen LogP) is 4.04. The standard InChI is InChI=1S/C16H20ClN3O/c1-4-5-18-8-13-9-19-10-15(20-13)21-14-6-11(2)16(17)12(3)7-14/h6-7,9-10,18H,4-5,8H2,1-3H3. The van der Waals surface area contributed by atoms with Crippen molar-refractivity contribution < 1.29 is 4.74 Å². The van der Waals surface area contributed by atoms with Gasteiger partial charge in [-0.15, -0.1) is 0 Å². The SMILES string of the molecule is CCCNCc1cncc(Oc2cc(C)c(Cl)c(C)c2)n1. The molecule has 5 heteroatoms. The third kappa shape index (κ3) is 4.41. The van der Waals surface area contributed by atoms with E-state index in [0.29, 0.717) is 12.4 Å². The van der Waals surface area contributed by atoms with Crippen LogP contribution in [0.25, 0.3) is 0 Å². The van der Waals surface area contributed by atoms with Crippen LogP contribution < -0.4 is 10.1 Å². The van der Waals surface area contributed by atoms with E-state index in [2.05, 4.69) is 22.2 Å². The first-order chi connectivity index (χ1) is 10.1. The molecule has 0 aliphatic carbocycles. The number of hydrogen-bond acceptors (Lipinski definition) is 4. The maximum absolute atomic E-state index is 6.16.